The van der Waals surface area contributed by atoms with Gasteiger partial charge in [-0.25, -0.2) is 0 Å². The highest BCUT2D eigenvalue weighted by atomic mass is 32.2. The Kier molecular flexibility index (Phi) is 6.05. The lowest BCUT2D eigenvalue weighted by atomic mass is 10.1. The molecule has 150 valence electrons. The molecule has 0 atom stereocenters. The second kappa shape index (κ2) is 7.77. The van der Waals surface area contributed by atoms with Crippen LogP contribution in [-0.2, 0) is 16.3 Å². The number of aromatic nitrogens is 1. The molecule has 1 saturated heterocycles. The van der Waals surface area contributed by atoms with E-state index in [1.165, 1.54) is 19.9 Å². The third-order valence-electron chi connectivity index (χ3n) is 4.04. The summed E-state index contributed by atoms with van der Waals surface area (Å²) in [6.45, 7) is 4.51. The lowest BCUT2D eigenvalue weighted by molar-refractivity contribution is -0.136. The first-order valence-electron chi connectivity index (χ1n) is 8.03. The van der Waals surface area contributed by atoms with Gasteiger partial charge in [-0.1, -0.05) is 5.16 Å². The van der Waals surface area contributed by atoms with Crippen molar-refractivity contribution in [2.24, 2.45) is 0 Å². The Labute approximate surface area is 154 Å². The number of nitrogens with two attached hydrogens (primary N) is 1. The number of nitrogens with zero attached hydrogens (tertiary/aromatic N) is 2. The summed E-state index contributed by atoms with van der Waals surface area (Å²) in [4.78, 5) is 1.71. The van der Waals surface area contributed by atoms with E-state index in [1.807, 2.05) is 4.90 Å². The number of alkyl halides is 3. The molecule has 1 aliphatic heterocycles. The summed E-state index contributed by atoms with van der Waals surface area (Å²) in [5, 5.41) is 3.37. The molecule has 0 aliphatic carbocycles. The number of aryl methyl sites for hydroxylation is 2. The average molecular weight is 407 g/mol. The molecule has 0 radical (unpaired) electrons. The van der Waals surface area contributed by atoms with E-state index in [0.717, 1.165) is 32.0 Å². The van der Waals surface area contributed by atoms with Crippen LogP contribution in [0.5, 0.6) is 0 Å². The fourth-order valence-corrected chi connectivity index (χ4v) is 3.62. The summed E-state index contributed by atoms with van der Waals surface area (Å²) in [6.07, 6.45) is -2.31. The average Bonchev–Trinajstić information content (AvgIpc) is 3.16. The Hall–Kier alpha value is -2.27. The maximum absolute atomic E-state index is 12.6. The lowest BCUT2D eigenvalue weighted by Crippen LogP contribution is -2.19. The van der Waals surface area contributed by atoms with E-state index in [0.29, 0.717) is 5.69 Å². The quantitative estimate of drug-likeness (QED) is 0.580. The zero-order valence-corrected chi connectivity index (χ0v) is 15.6. The molecule has 0 bridgehead atoms. The predicted molar refractivity (Wildman–Crippen MR) is 93.1 cm³/mol. The van der Waals surface area contributed by atoms with Crippen molar-refractivity contribution in [1.82, 2.24) is 5.16 Å². The molecule has 0 amide bonds. The van der Waals surface area contributed by atoms with Gasteiger partial charge in [0.15, 0.2) is 10.7 Å². The van der Waals surface area contributed by atoms with E-state index in [9.17, 15) is 21.6 Å². The first kappa shape index (κ1) is 21.0. The molecular formula is C16H20F3N3O4S. The second-order valence-corrected chi connectivity index (χ2v) is 7.45. The van der Waals surface area contributed by atoms with Crippen molar-refractivity contribution in [3.8, 4) is 0 Å². The van der Waals surface area contributed by atoms with Crippen molar-refractivity contribution in [3.05, 3.63) is 35.2 Å². The van der Waals surface area contributed by atoms with Gasteiger partial charge in [0.2, 0.25) is 0 Å². The van der Waals surface area contributed by atoms with Gasteiger partial charge in [0.25, 0.3) is 10.1 Å². The van der Waals surface area contributed by atoms with Crippen LogP contribution in [-0.4, -0.2) is 31.2 Å². The molecule has 2 aromatic rings. The number of rotatable bonds is 2. The maximum Gasteiger partial charge on any atom is 0.418 e. The van der Waals surface area contributed by atoms with Crippen molar-refractivity contribution in [2.75, 3.05) is 23.7 Å². The molecule has 7 nitrogen and oxygen atoms in total. The molecule has 1 aliphatic rings. The van der Waals surface area contributed by atoms with E-state index in [4.69, 9.17) is 10.3 Å². The number of halogens is 3. The first-order chi connectivity index (χ1) is 12.4. The van der Waals surface area contributed by atoms with Crippen LogP contribution in [0, 0.1) is 13.8 Å². The van der Waals surface area contributed by atoms with Crippen LogP contribution in [0.1, 0.15) is 29.9 Å². The summed E-state index contributed by atoms with van der Waals surface area (Å²) in [7, 11) is -4.18. The molecule has 1 fully saturated rings. The van der Waals surface area contributed by atoms with Crippen molar-refractivity contribution in [1.29, 1.82) is 0 Å². The normalized spacial score (nSPS) is 14.8. The molecule has 1 aromatic heterocycles. The van der Waals surface area contributed by atoms with Crippen molar-refractivity contribution >= 4 is 21.5 Å². The van der Waals surface area contributed by atoms with Crippen LogP contribution in [0.3, 0.4) is 0 Å². The van der Waals surface area contributed by atoms with Gasteiger partial charge in [0.05, 0.1) is 5.56 Å². The van der Waals surface area contributed by atoms with Crippen molar-refractivity contribution in [2.45, 2.75) is 37.8 Å². The molecular weight excluding hydrogens is 387 g/mol. The van der Waals surface area contributed by atoms with Gasteiger partial charge in [0.1, 0.15) is 5.69 Å². The van der Waals surface area contributed by atoms with E-state index < -0.39 is 21.9 Å². The highest BCUT2D eigenvalue weighted by Crippen LogP contribution is 2.36. The molecule has 3 rings (SSSR count). The zero-order valence-electron chi connectivity index (χ0n) is 14.7. The van der Waals surface area contributed by atoms with Crippen LogP contribution < -0.4 is 10.6 Å². The van der Waals surface area contributed by atoms with E-state index in [-0.39, 0.29) is 22.0 Å². The van der Waals surface area contributed by atoms with Gasteiger partial charge in [0, 0.05) is 24.5 Å². The van der Waals surface area contributed by atoms with Crippen molar-refractivity contribution in [3.63, 3.8) is 0 Å². The number of anilines is 2. The Balaban J connectivity index is 0.000000208. The largest absolute Gasteiger partial charge is 0.418 e. The SMILES string of the molecule is Cc1noc(C)c1S(=O)(=O)O.Nc1ccc(N2CCCC2)cc1C(F)(F)F. The van der Waals surface area contributed by atoms with E-state index in [2.05, 4.69) is 9.68 Å². The van der Waals surface area contributed by atoms with Crippen LogP contribution >= 0.6 is 0 Å². The van der Waals surface area contributed by atoms with E-state index in [1.54, 1.807) is 6.07 Å². The molecule has 11 heteroatoms. The summed E-state index contributed by atoms with van der Waals surface area (Å²) < 4.78 is 72.2. The fraction of sp³-hybridized carbons (Fsp3) is 0.438. The number of hydrogen-bond acceptors (Lipinski definition) is 6. The third kappa shape index (κ3) is 5.13. The summed E-state index contributed by atoms with van der Waals surface area (Å²) in [5.41, 5.74) is 5.17. The van der Waals surface area contributed by atoms with Gasteiger partial charge in [-0.2, -0.15) is 21.6 Å². The molecule has 0 spiro atoms. The maximum atomic E-state index is 12.6. The minimum atomic E-state index is -4.38. The number of benzene rings is 1. The van der Waals surface area contributed by atoms with Gasteiger partial charge in [-0.05, 0) is 44.9 Å². The molecule has 3 N–H and O–H groups in total. The van der Waals surface area contributed by atoms with Gasteiger partial charge in [-0.15, -0.1) is 0 Å². The van der Waals surface area contributed by atoms with E-state index >= 15 is 0 Å². The van der Waals surface area contributed by atoms with Crippen LogP contribution in [0.25, 0.3) is 0 Å². The van der Waals surface area contributed by atoms with Crippen LogP contribution in [0.2, 0.25) is 0 Å². The molecule has 1 aromatic carbocycles. The predicted octanol–water partition coefficient (Wildman–Crippen LogP) is 3.43. The summed E-state index contributed by atoms with van der Waals surface area (Å²) in [5.74, 6) is 0.102. The lowest BCUT2D eigenvalue weighted by Gasteiger charge is -2.20. The standard InChI is InChI=1S/C11H13F3N2.C5H7NO4S/c12-11(13,14)9-7-8(3-4-10(9)15)16-5-1-2-6-16;1-3-5(11(7,8)9)4(2)10-6-3/h3-4,7H,1-2,5-6,15H2;1-2H3,(H,7,8,9). The molecule has 0 saturated carbocycles. The summed E-state index contributed by atoms with van der Waals surface area (Å²) >= 11 is 0. The van der Waals surface area contributed by atoms with Gasteiger partial charge >= 0.3 is 6.18 Å². The molecule has 27 heavy (non-hydrogen) atoms. The van der Waals surface area contributed by atoms with Crippen LogP contribution in [0.15, 0.2) is 27.6 Å². The Morgan fingerprint density at radius 2 is 1.81 bits per heavy atom. The first-order valence-corrected chi connectivity index (χ1v) is 9.47. The van der Waals surface area contributed by atoms with Crippen molar-refractivity contribution < 1.29 is 30.7 Å². The second-order valence-electron chi connectivity index (χ2n) is 6.09. The third-order valence-corrected chi connectivity index (χ3v) is 5.14. The smallest absolute Gasteiger partial charge is 0.398 e. The minimum absolute atomic E-state index is 0.102. The van der Waals surface area contributed by atoms with Gasteiger partial charge < -0.3 is 15.2 Å². The molecule has 2 heterocycles. The Morgan fingerprint density at radius 3 is 2.22 bits per heavy atom. The number of nitrogen functional groups attached to an aromatic ring is 1. The van der Waals surface area contributed by atoms with Crippen LogP contribution in [0.4, 0.5) is 24.5 Å². The fourth-order valence-electron chi connectivity index (χ4n) is 2.80. The summed E-state index contributed by atoms with van der Waals surface area (Å²) in [6, 6.07) is 4.12. The zero-order chi connectivity index (χ0) is 20.4. The van der Waals surface area contributed by atoms with Gasteiger partial charge in [-0.3, -0.25) is 4.55 Å². The Bertz CT molecular complexity index is 885. The Morgan fingerprint density at radius 1 is 1.22 bits per heavy atom. The molecule has 0 unspecified atom stereocenters. The monoisotopic (exact) mass is 407 g/mol. The highest BCUT2D eigenvalue weighted by Gasteiger charge is 2.33. The highest BCUT2D eigenvalue weighted by molar-refractivity contribution is 7.86. The number of hydrogen-bond donors (Lipinski definition) is 2. The topological polar surface area (TPSA) is 110 Å². The minimum Gasteiger partial charge on any atom is -0.398 e.